The van der Waals surface area contributed by atoms with Gasteiger partial charge in [-0.15, -0.1) is 0 Å². The topological polar surface area (TPSA) is 58.6 Å². The quantitative estimate of drug-likeness (QED) is 0.668. The van der Waals surface area contributed by atoms with E-state index < -0.39 is 11.5 Å². The first-order valence-electron chi connectivity index (χ1n) is 5.50. The van der Waals surface area contributed by atoms with E-state index in [1.807, 2.05) is 13.8 Å². The summed E-state index contributed by atoms with van der Waals surface area (Å²) in [7, 11) is 1.54. The maximum atomic E-state index is 11.3. The summed E-state index contributed by atoms with van der Waals surface area (Å²) < 4.78 is 5.04. The second-order valence-electron chi connectivity index (χ2n) is 4.69. The van der Waals surface area contributed by atoms with Crippen LogP contribution in [0.2, 0.25) is 0 Å². The molecule has 0 heterocycles. The highest BCUT2D eigenvalue weighted by Crippen LogP contribution is 2.29. The van der Waals surface area contributed by atoms with Gasteiger partial charge in [0.1, 0.15) is 5.54 Å². The first-order chi connectivity index (χ1) is 7.03. The Kier molecular flexibility index (Phi) is 4.11. The molecule has 1 unspecified atom stereocenters. The molecule has 4 nitrogen and oxygen atoms in total. The van der Waals surface area contributed by atoms with Crippen LogP contribution >= 0.6 is 0 Å². The zero-order chi connectivity index (χ0) is 11.5. The molecule has 1 aliphatic carbocycles. The van der Waals surface area contributed by atoms with Gasteiger partial charge in [-0.3, -0.25) is 10.1 Å². The highest BCUT2D eigenvalue weighted by Gasteiger charge is 2.42. The minimum Gasteiger partial charge on any atom is -0.480 e. The molecule has 88 valence electrons. The Bertz CT molecular complexity index is 226. The summed E-state index contributed by atoms with van der Waals surface area (Å²) in [4.78, 5) is 11.3. The maximum Gasteiger partial charge on any atom is 0.326 e. The van der Waals surface area contributed by atoms with Crippen LogP contribution in [-0.2, 0) is 9.53 Å². The van der Waals surface area contributed by atoms with Crippen LogP contribution in [0.4, 0.5) is 0 Å². The fraction of sp³-hybridized carbons (Fsp3) is 0.909. The Labute approximate surface area is 91.0 Å². The van der Waals surface area contributed by atoms with Gasteiger partial charge < -0.3 is 9.84 Å². The monoisotopic (exact) mass is 215 g/mol. The third kappa shape index (κ3) is 2.92. The van der Waals surface area contributed by atoms with E-state index in [0.717, 1.165) is 6.54 Å². The molecule has 2 N–H and O–H groups in total. The Hall–Kier alpha value is -0.610. The average Bonchev–Trinajstić information content (AvgIpc) is 2.94. The van der Waals surface area contributed by atoms with Crippen molar-refractivity contribution in [1.82, 2.24) is 5.32 Å². The van der Waals surface area contributed by atoms with Gasteiger partial charge in [0.15, 0.2) is 0 Å². The van der Waals surface area contributed by atoms with Gasteiger partial charge in [-0.1, -0.05) is 13.8 Å². The van der Waals surface area contributed by atoms with Crippen molar-refractivity contribution in [1.29, 1.82) is 0 Å². The average molecular weight is 215 g/mol. The Morgan fingerprint density at radius 2 is 2.20 bits per heavy atom. The molecule has 0 aliphatic heterocycles. The molecule has 0 aromatic rings. The van der Waals surface area contributed by atoms with E-state index in [0.29, 0.717) is 5.92 Å². The fourth-order valence-corrected chi connectivity index (χ4v) is 1.68. The molecular weight excluding hydrogens is 194 g/mol. The SMILES string of the molecule is COCC(NCC1CC1)(C(=O)O)C(C)C. The maximum absolute atomic E-state index is 11.3. The summed E-state index contributed by atoms with van der Waals surface area (Å²) in [6, 6.07) is 0. The molecule has 1 rings (SSSR count). The third-order valence-corrected chi connectivity index (χ3v) is 3.14. The van der Waals surface area contributed by atoms with Crippen molar-refractivity contribution in [2.75, 3.05) is 20.3 Å². The summed E-state index contributed by atoms with van der Waals surface area (Å²) in [6.07, 6.45) is 2.43. The predicted molar refractivity (Wildman–Crippen MR) is 57.8 cm³/mol. The van der Waals surface area contributed by atoms with Crippen molar-refractivity contribution in [2.45, 2.75) is 32.2 Å². The van der Waals surface area contributed by atoms with Crippen molar-refractivity contribution in [3.05, 3.63) is 0 Å². The molecule has 0 radical (unpaired) electrons. The smallest absolute Gasteiger partial charge is 0.326 e. The first-order valence-corrected chi connectivity index (χ1v) is 5.50. The van der Waals surface area contributed by atoms with E-state index in [1.54, 1.807) is 7.11 Å². The van der Waals surface area contributed by atoms with E-state index in [-0.39, 0.29) is 12.5 Å². The molecule has 1 fully saturated rings. The van der Waals surface area contributed by atoms with Crippen LogP contribution in [0.15, 0.2) is 0 Å². The molecule has 1 atom stereocenters. The Balaban J connectivity index is 2.64. The van der Waals surface area contributed by atoms with Crippen molar-refractivity contribution in [2.24, 2.45) is 11.8 Å². The highest BCUT2D eigenvalue weighted by molar-refractivity contribution is 5.79. The lowest BCUT2D eigenvalue weighted by atomic mass is 9.87. The van der Waals surface area contributed by atoms with Gasteiger partial charge in [-0.05, 0) is 31.2 Å². The molecule has 4 heteroatoms. The molecule has 1 aliphatic rings. The number of rotatable bonds is 7. The van der Waals surface area contributed by atoms with Gasteiger partial charge in [0, 0.05) is 7.11 Å². The standard InChI is InChI=1S/C11H21NO3/c1-8(2)11(7-15-3,10(13)14)12-6-9-4-5-9/h8-9,12H,4-7H2,1-3H3,(H,13,14). The molecule has 1 saturated carbocycles. The number of methoxy groups -OCH3 is 1. The van der Waals surface area contributed by atoms with Crippen molar-refractivity contribution in [3.8, 4) is 0 Å². The third-order valence-electron chi connectivity index (χ3n) is 3.14. The first kappa shape index (κ1) is 12.5. The molecular formula is C11H21NO3. The molecule has 0 aromatic carbocycles. The molecule has 0 amide bonds. The van der Waals surface area contributed by atoms with Crippen LogP contribution in [0.5, 0.6) is 0 Å². The van der Waals surface area contributed by atoms with Gasteiger partial charge in [0.2, 0.25) is 0 Å². The van der Waals surface area contributed by atoms with E-state index >= 15 is 0 Å². The molecule has 15 heavy (non-hydrogen) atoms. The van der Waals surface area contributed by atoms with Crippen molar-refractivity contribution < 1.29 is 14.6 Å². The Morgan fingerprint density at radius 3 is 2.53 bits per heavy atom. The number of carbonyl (C=O) groups is 1. The number of nitrogens with one attached hydrogen (secondary N) is 1. The summed E-state index contributed by atoms with van der Waals surface area (Å²) in [5, 5.41) is 12.5. The lowest BCUT2D eigenvalue weighted by Gasteiger charge is -2.33. The van der Waals surface area contributed by atoms with Crippen LogP contribution < -0.4 is 5.32 Å². The fourth-order valence-electron chi connectivity index (χ4n) is 1.68. The minimum atomic E-state index is -0.933. The second kappa shape index (κ2) is 4.94. The number of carboxylic acid groups (broad SMARTS) is 1. The van der Waals surface area contributed by atoms with Crippen molar-refractivity contribution in [3.63, 3.8) is 0 Å². The molecule has 0 aromatic heterocycles. The van der Waals surface area contributed by atoms with Gasteiger partial charge in [0.05, 0.1) is 6.61 Å². The number of carboxylic acids is 1. The molecule has 0 bridgehead atoms. The van der Waals surface area contributed by atoms with Crippen LogP contribution in [0.25, 0.3) is 0 Å². The van der Waals surface area contributed by atoms with Crippen LogP contribution in [0.3, 0.4) is 0 Å². The second-order valence-corrected chi connectivity index (χ2v) is 4.69. The van der Waals surface area contributed by atoms with E-state index in [9.17, 15) is 9.90 Å². The lowest BCUT2D eigenvalue weighted by molar-refractivity contribution is -0.150. The summed E-state index contributed by atoms with van der Waals surface area (Å²) in [5.41, 5.74) is -0.933. The van der Waals surface area contributed by atoms with Crippen LogP contribution in [0.1, 0.15) is 26.7 Å². The highest BCUT2D eigenvalue weighted by atomic mass is 16.5. The largest absolute Gasteiger partial charge is 0.480 e. The molecule has 0 spiro atoms. The normalized spacial score (nSPS) is 20.3. The zero-order valence-corrected chi connectivity index (χ0v) is 9.75. The Morgan fingerprint density at radius 1 is 1.60 bits per heavy atom. The summed E-state index contributed by atoms with van der Waals surface area (Å²) in [5.74, 6) is -0.145. The van der Waals surface area contributed by atoms with Gasteiger partial charge >= 0.3 is 5.97 Å². The van der Waals surface area contributed by atoms with Crippen LogP contribution in [-0.4, -0.2) is 36.9 Å². The number of hydrogen-bond donors (Lipinski definition) is 2. The molecule has 0 saturated heterocycles. The summed E-state index contributed by atoms with van der Waals surface area (Å²) >= 11 is 0. The van der Waals surface area contributed by atoms with Gasteiger partial charge in [0.25, 0.3) is 0 Å². The van der Waals surface area contributed by atoms with Crippen LogP contribution in [0, 0.1) is 11.8 Å². The van der Waals surface area contributed by atoms with E-state index in [4.69, 9.17) is 4.74 Å². The van der Waals surface area contributed by atoms with Gasteiger partial charge in [-0.2, -0.15) is 0 Å². The van der Waals surface area contributed by atoms with Gasteiger partial charge in [-0.25, -0.2) is 0 Å². The number of hydrogen-bond acceptors (Lipinski definition) is 3. The lowest BCUT2D eigenvalue weighted by Crippen LogP contribution is -2.59. The summed E-state index contributed by atoms with van der Waals surface area (Å²) in [6.45, 7) is 4.82. The number of ether oxygens (including phenoxy) is 1. The van der Waals surface area contributed by atoms with E-state index in [2.05, 4.69) is 5.32 Å². The zero-order valence-electron chi connectivity index (χ0n) is 9.75. The predicted octanol–water partition coefficient (Wildman–Crippen LogP) is 1.11. The number of aliphatic carboxylic acids is 1. The van der Waals surface area contributed by atoms with Crippen molar-refractivity contribution >= 4 is 5.97 Å². The van der Waals surface area contributed by atoms with E-state index in [1.165, 1.54) is 12.8 Å². The minimum absolute atomic E-state index is 0.00806.